The Morgan fingerprint density at radius 1 is 1.28 bits per heavy atom. The summed E-state index contributed by atoms with van der Waals surface area (Å²) in [4.78, 5) is 20.8. The van der Waals surface area contributed by atoms with E-state index in [4.69, 9.17) is 4.74 Å². The Morgan fingerprint density at radius 3 is 2.84 bits per heavy atom. The number of nitrogens with zero attached hydrogens (tertiary/aromatic N) is 4. The van der Waals surface area contributed by atoms with Crippen LogP contribution in [0.1, 0.15) is 27.2 Å². The molecule has 8 nitrogen and oxygen atoms in total. The molecule has 9 heteroatoms. The molecule has 0 aliphatic heterocycles. The van der Waals surface area contributed by atoms with E-state index in [-0.39, 0.29) is 12.5 Å². The van der Waals surface area contributed by atoms with Gasteiger partial charge in [0.15, 0.2) is 10.8 Å². The van der Waals surface area contributed by atoms with Crippen LogP contribution < -0.4 is 10.6 Å². The molecule has 25 heavy (non-hydrogen) atoms. The predicted octanol–water partition coefficient (Wildman–Crippen LogP) is 1.91. The first-order chi connectivity index (χ1) is 12.2. The SMILES string of the molecule is CCCNc1nc(SCC)nc2c1cnn2CCNC(=O)COCC. The molecule has 0 aromatic carbocycles. The number of fused-ring (bicyclic) bond motifs is 1. The van der Waals surface area contributed by atoms with Crippen molar-refractivity contribution in [1.29, 1.82) is 0 Å². The minimum Gasteiger partial charge on any atom is -0.372 e. The number of hydrogen-bond acceptors (Lipinski definition) is 7. The van der Waals surface area contributed by atoms with Gasteiger partial charge in [0.1, 0.15) is 12.4 Å². The van der Waals surface area contributed by atoms with Crippen molar-refractivity contribution in [2.75, 3.05) is 37.4 Å². The summed E-state index contributed by atoms with van der Waals surface area (Å²) in [5.41, 5.74) is 0.781. The fourth-order valence-corrected chi connectivity index (χ4v) is 2.78. The number of nitrogens with one attached hydrogen (secondary N) is 2. The number of anilines is 1. The Hall–Kier alpha value is -1.87. The van der Waals surface area contributed by atoms with Gasteiger partial charge in [-0.05, 0) is 19.1 Å². The molecule has 2 N–H and O–H groups in total. The van der Waals surface area contributed by atoms with Gasteiger partial charge in [-0.2, -0.15) is 5.10 Å². The van der Waals surface area contributed by atoms with Crippen molar-refractivity contribution in [3.63, 3.8) is 0 Å². The first kappa shape index (κ1) is 19.5. The maximum Gasteiger partial charge on any atom is 0.246 e. The highest BCUT2D eigenvalue weighted by Gasteiger charge is 2.13. The highest BCUT2D eigenvalue weighted by molar-refractivity contribution is 7.99. The summed E-state index contributed by atoms with van der Waals surface area (Å²) in [5.74, 6) is 1.59. The van der Waals surface area contributed by atoms with Crippen molar-refractivity contribution in [3.05, 3.63) is 6.20 Å². The number of ether oxygens (including phenoxy) is 1. The van der Waals surface area contributed by atoms with E-state index in [2.05, 4.69) is 39.5 Å². The summed E-state index contributed by atoms with van der Waals surface area (Å²) in [6.45, 7) is 8.52. The Balaban J connectivity index is 2.11. The summed E-state index contributed by atoms with van der Waals surface area (Å²) in [6.07, 6.45) is 2.79. The molecule has 1 amide bonds. The number of thioether (sulfide) groups is 1. The summed E-state index contributed by atoms with van der Waals surface area (Å²) in [6, 6.07) is 0. The number of aromatic nitrogens is 4. The van der Waals surface area contributed by atoms with Gasteiger partial charge in [0, 0.05) is 19.7 Å². The maximum absolute atomic E-state index is 11.6. The third-order valence-corrected chi connectivity index (χ3v) is 4.10. The molecular weight excluding hydrogens is 340 g/mol. The molecule has 2 aromatic rings. The van der Waals surface area contributed by atoms with E-state index in [1.54, 1.807) is 22.6 Å². The van der Waals surface area contributed by atoms with E-state index in [1.807, 2.05) is 6.92 Å². The lowest BCUT2D eigenvalue weighted by atomic mass is 10.3. The number of amides is 1. The molecule has 0 fully saturated rings. The van der Waals surface area contributed by atoms with E-state index in [9.17, 15) is 4.79 Å². The van der Waals surface area contributed by atoms with Crippen LogP contribution in [0.4, 0.5) is 5.82 Å². The molecule has 138 valence electrons. The summed E-state index contributed by atoms with van der Waals surface area (Å²) < 4.78 is 6.88. The van der Waals surface area contributed by atoms with E-state index in [1.165, 1.54) is 0 Å². The Morgan fingerprint density at radius 2 is 2.12 bits per heavy atom. The minimum absolute atomic E-state index is 0.0842. The highest BCUT2D eigenvalue weighted by Crippen LogP contribution is 2.24. The van der Waals surface area contributed by atoms with Crippen LogP contribution in [0.2, 0.25) is 0 Å². The lowest BCUT2D eigenvalue weighted by molar-refractivity contribution is -0.125. The van der Waals surface area contributed by atoms with Crippen molar-refractivity contribution >= 4 is 34.5 Å². The molecule has 0 saturated heterocycles. The maximum atomic E-state index is 11.6. The quantitative estimate of drug-likeness (QED) is 0.463. The second-order valence-corrected chi connectivity index (χ2v) is 6.54. The van der Waals surface area contributed by atoms with E-state index >= 15 is 0 Å². The second-order valence-electron chi connectivity index (χ2n) is 5.31. The molecule has 0 bridgehead atoms. The van der Waals surface area contributed by atoms with Gasteiger partial charge in [0.2, 0.25) is 5.91 Å². The zero-order valence-corrected chi connectivity index (χ0v) is 15.9. The fraction of sp³-hybridized carbons (Fsp3) is 0.625. The van der Waals surface area contributed by atoms with Crippen molar-refractivity contribution in [2.24, 2.45) is 0 Å². The van der Waals surface area contributed by atoms with Crippen molar-refractivity contribution in [2.45, 2.75) is 38.9 Å². The van der Waals surface area contributed by atoms with Crippen LogP contribution in [0.3, 0.4) is 0 Å². The Bertz CT molecular complexity index is 691. The Kier molecular flexibility index (Phi) is 7.93. The van der Waals surface area contributed by atoms with Crippen LogP contribution in [-0.2, 0) is 16.1 Å². The molecule has 0 aliphatic carbocycles. The van der Waals surface area contributed by atoms with Gasteiger partial charge in [0.05, 0.1) is 18.1 Å². The summed E-state index contributed by atoms with van der Waals surface area (Å²) >= 11 is 1.60. The summed E-state index contributed by atoms with van der Waals surface area (Å²) in [5, 5.41) is 12.2. The van der Waals surface area contributed by atoms with Crippen LogP contribution in [-0.4, -0.2) is 57.7 Å². The van der Waals surface area contributed by atoms with Gasteiger partial charge in [-0.1, -0.05) is 25.6 Å². The molecule has 0 aliphatic rings. The number of carbonyl (C=O) groups excluding carboxylic acids is 1. The number of hydrogen-bond donors (Lipinski definition) is 2. The largest absolute Gasteiger partial charge is 0.372 e. The van der Waals surface area contributed by atoms with Crippen molar-refractivity contribution in [3.8, 4) is 0 Å². The monoisotopic (exact) mass is 366 g/mol. The fourth-order valence-electron chi connectivity index (χ4n) is 2.22. The Labute approximate surface area is 152 Å². The lowest BCUT2D eigenvalue weighted by Crippen LogP contribution is -2.30. The normalized spacial score (nSPS) is 11.0. The van der Waals surface area contributed by atoms with E-state index in [0.29, 0.717) is 19.7 Å². The van der Waals surface area contributed by atoms with Gasteiger partial charge < -0.3 is 15.4 Å². The van der Waals surface area contributed by atoms with Crippen molar-refractivity contribution in [1.82, 2.24) is 25.1 Å². The molecule has 0 spiro atoms. The molecule has 0 radical (unpaired) electrons. The van der Waals surface area contributed by atoms with Crippen LogP contribution in [0.5, 0.6) is 0 Å². The molecular formula is C16H26N6O2S. The second kappa shape index (κ2) is 10.2. The minimum atomic E-state index is -0.125. The lowest BCUT2D eigenvalue weighted by Gasteiger charge is -2.09. The zero-order chi connectivity index (χ0) is 18.1. The first-order valence-electron chi connectivity index (χ1n) is 8.64. The standard InChI is InChI=1S/C16H26N6O2S/c1-4-7-18-14-12-10-19-22(9-8-17-13(23)11-24-5-2)15(12)21-16(20-14)25-6-3/h10H,4-9,11H2,1-3H3,(H,17,23)(H,18,20,21). The smallest absolute Gasteiger partial charge is 0.246 e. The van der Waals surface area contributed by atoms with Crippen LogP contribution >= 0.6 is 11.8 Å². The molecule has 2 rings (SSSR count). The van der Waals surface area contributed by atoms with Gasteiger partial charge in [-0.3, -0.25) is 4.79 Å². The van der Waals surface area contributed by atoms with Crippen LogP contribution in [0.25, 0.3) is 11.0 Å². The molecule has 0 saturated carbocycles. The van der Waals surface area contributed by atoms with E-state index in [0.717, 1.165) is 40.7 Å². The zero-order valence-electron chi connectivity index (χ0n) is 15.0. The van der Waals surface area contributed by atoms with Gasteiger partial charge in [0.25, 0.3) is 0 Å². The molecule has 0 atom stereocenters. The average molecular weight is 366 g/mol. The topological polar surface area (TPSA) is 94.0 Å². The average Bonchev–Trinajstić information content (AvgIpc) is 3.01. The van der Waals surface area contributed by atoms with Gasteiger partial charge >= 0.3 is 0 Å². The third-order valence-electron chi connectivity index (χ3n) is 3.37. The molecule has 2 aromatic heterocycles. The molecule has 0 unspecified atom stereocenters. The van der Waals surface area contributed by atoms with E-state index < -0.39 is 0 Å². The number of rotatable bonds is 11. The van der Waals surface area contributed by atoms with Crippen molar-refractivity contribution < 1.29 is 9.53 Å². The van der Waals surface area contributed by atoms with Crippen LogP contribution in [0, 0.1) is 0 Å². The summed E-state index contributed by atoms with van der Waals surface area (Å²) in [7, 11) is 0. The highest BCUT2D eigenvalue weighted by atomic mass is 32.2. The number of carbonyl (C=O) groups is 1. The van der Waals surface area contributed by atoms with Gasteiger partial charge in [-0.25, -0.2) is 14.6 Å². The van der Waals surface area contributed by atoms with Crippen LogP contribution in [0.15, 0.2) is 11.4 Å². The first-order valence-corrected chi connectivity index (χ1v) is 9.62. The van der Waals surface area contributed by atoms with Gasteiger partial charge in [-0.15, -0.1) is 0 Å². The molecule has 2 heterocycles. The predicted molar refractivity (Wildman–Crippen MR) is 100 cm³/mol. The third kappa shape index (κ3) is 5.57.